The van der Waals surface area contributed by atoms with Crippen molar-refractivity contribution in [2.75, 3.05) is 19.7 Å². The fraction of sp³-hybridized carbons (Fsp3) is 0.947. The molecule has 3 fully saturated rings. The zero-order valence-electron chi connectivity index (χ0n) is 15.9. The number of carbonyl (C=O) groups is 1. The van der Waals surface area contributed by atoms with Gasteiger partial charge < -0.3 is 19.7 Å². The number of amides is 1. The van der Waals surface area contributed by atoms with Crippen LogP contribution in [0.3, 0.4) is 0 Å². The lowest BCUT2D eigenvalue weighted by atomic mass is 9.57. The van der Waals surface area contributed by atoms with Gasteiger partial charge in [0.1, 0.15) is 5.60 Å². The Morgan fingerprint density at radius 1 is 1.21 bits per heavy atom. The molecule has 0 radical (unpaired) electrons. The summed E-state index contributed by atoms with van der Waals surface area (Å²) < 4.78 is 11.4. The van der Waals surface area contributed by atoms with E-state index in [0.717, 1.165) is 39.0 Å². The van der Waals surface area contributed by atoms with Crippen molar-refractivity contribution in [1.29, 1.82) is 0 Å². The molecule has 0 aromatic carbocycles. The fourth-order valence-electron chi connectivity index (χ4n) is 4.69. The molecule has 0 bridgehead atoms. The zero-order chi connectivity index (χ0) is 17.5. The first-order valence-corrected chi connectivity index (χ1v) is 9.54. The first kappa shape index (κ1) is 18.0. The van der Waals surface area contributed by atoms with Crippen LogP contribution in [0.25, 0.3) is 0 Å². The van der Waals surface area contributed by atoms with Gasteiger partial charge in [-0.05, 0) is 46.5 Å². The van der Waals surface area contributed by atoms with Gasteiger partial charge in [-0.15, -0.1) is 0 Å². The van der Waals surface area contributed by atoms with E-state index >= 15 is 0 Å². The van der Waals surface area contributed by atoms with E-state index in [1.807, 2.05) is 25.7 Å². The second kappa shape index (κ2) is 6.49. The Labute approximate surface area is 146 Å². The van der Waals surface area contributed by atoms with Gasteiger partial charge >= 0.3 is 6.09 Å². The highest BCUT2D eigenvalue weighted by Gasteiger charge is 2.59. The first-order chi connectivity index (χ1) is 11.2. The molecule has 1 saturated carbocycles. The van der Waals surface area contributed by atoms with Crippen molar-refractivity contribution in [3.63, 3.8) is 0 Å². The van der Waals surface area contributed by atoms with Gasteiger partial charge in [0.05, 0.1) is 6.10 Å². The first-order valence-electron chi connectivity index (χ1n) is 9.54. The highest BCUT2D eigenvalue weighted by molar-refractivity contribution is 5.68. The summed E-state index contributed by atoms with van der Waals surface area (Å²) in [6.45, 7) is 12.9. The number of hydrogen-bond acceptors (Lipinski definition) is 4. The van der Waals surface area contributed by atoms with Crippen LogP contribution >= 0.6 is 0 Å². The normalized spacial score (nSPS) is 35.8. The van der Waals surface area contributed by atoms with Crippen molar-refractivity contribution in [3.05, 3.63) is 0 Å². The van der Waals surface area contributed by atoms with Crippen molar-refractivity contribution in [2.45, 2.75) is 84.1 Å². The number of fused-ring (bicyclic) bond motifs is 1. The Bertz CT molecular complexity index is 472. The lowest BCUT2D eigenvalue weighted by Gasteiger charge is -2.56. The maximum absolute atomic E-state index is 12.3. The van der Waals surface area contributed by atoms with Gasteiger partial charge in [0.15, 0.2) is 0 Å². The molecule has 2 aliphatic heterocycles. The molecule has 0 aromatic rings. The number of likely N-dealkylation sites (tertiary alicyclic amines) is 1. The van der Waals surface area contributed by atoms with Crippen LogP contribution in [0.4, 0.5) is 4.79 Å². The van der Waals surface area contributed by atoms with Crippen LogP contribution in [-0.2, 0) is 9.47 Å². The summed E-state index contributed by atoms with van der Waals surface area (Å²) in [6.07, 6.45) is 4.61. The molecule has 2 saturated heterocycles. The molecule has 1 amide bonds. The number of ether oxygens (including phenoxy) is 2. The smallest absolute Gasteiger partial charge is 0.410 e. The minimum Gasteiger partial charge on any atom is -0.444 e. The summed E-state index contributed by atoms with van der Waals surface area (Å²) in [5.74, 6) is 0.671. The molecule has 3 rings (SSSR count). The van der Waals surface area contributed by atoms with Gasteiger partial charge in [0, 0.05) is 43.1 Å². The van der Waals surface area contributed by atoms with E-state index < -0.39 is 5.60 Å². The minimum atomic E-state index is -0.422. The Kier molecular flexibility index (Phi) is 4.86. The number of nitrogens with zero attached hydrogens (tertiary/aromatic N) is 1. The number of carbonyl (C=O) groups excluding carboxylic acids is 1. The van der Waals surface area contributed by atoms with E-state index in [4.69, 9.17) is 9.47 Å². The summed E-state index contributed by atoms with van der Waals surface area (Å²) in [6, 6.07) is 1.03. The van der Waals surface area contributed by atoms with Crippen LogP contribution < -0.4 is 5.32 Å². The summed E-state index contributed by atoms with van der Waals surface area (Å²) >= 11 is 0. The van der Waals surface area contributed by atoms with Gasteiger partial charge in [-0.1, -0.05) is 13.8 Å². The van der Waals surface area contributed by atoms with Crippen LogP contribution in [0.2, 0.25) is 0 Å². The third-order valence-corrected chi connectivity index (χ3v) is 5.90. The van der Waals surface area contributed by atoms with Crippen LogP contribution in [0.5, 0.6) is 0 Å². The van der Waals surface area contributed by atoms with E-state index in [1.165, 1.54) is 6.42 Å². The van der Waals surface area contributed by atoms with Gasteiger partial charge in [-0.3, -0.25) is 0 Å². The third kappa shape index (κ3) is 3.57. The molecule has 2 heterocycles. The standard InChI is InChI=1S/C19H34N2O3/c1-18(2,3)24-17(22)21-10-6-7-13(8-11-21)20-15-14-9-12-23-16(14)19(15,4)5/h13-16,20H,6-12H2,1-5H3/t13-,14+,15+,16+/m0/s1. The number of hydrogen-bond donors (Lipinski definition) is 1. The molecular formula is C19H34N2O3. The van der Waals surface area contributed by atoms with E-state index in [9.17, 15) is 4.79 Å². The van der Waals surface area contributed by atoms with Crippen LogP contribution in [0, 0.1) is 11.3 Å². The predicted octanol–water partition coefficient (Wildman–Crippen LogP) is 3.18. The van der Waals surface area contributed by atoms with Crippen LogP contribution in [0.15, 0.2) is 0 Å². The van der Waals surface area contributed by atoms with Crippen molar-refractivity contribution < 1.29 is 14.3 Å². The number of nitrogens with one attached hydrogen (secondary N) is 1. The largest absolute Gasteiger partial charge is 0.444 e. The topological polar surface area (TPSA) is 50.8 Å². The van der Waals surface area contributed by atoms with E-state index in [1.54, 1.807) is 0 Å². The minimum absolute atomic E-state index is 0.170. The quantitative estimate of drug-likeness (QED) is 0.840. The highest BCUT2D eigenvalue weighted by atomic mass is 16.6. The summed E-state index contributed by atoms with van der Waals surface area (Å²) in [5.41, 5.74) is -0.202. The van der Waals surface area contributed by atoms with E-state index in [2.05, 4.69) is 19.2 Å². The average Bonchev–Trinajstić information content (AvgIpc) is 2.79. The molecule has 0 unspecified atom stereocenters. The number of rotatable bonds is 2. The maximum atomic E-state index is 12.3. The molecule has 138 valence electrons. The lowest BCUT2D eigenvalue weighted by molar-refractivity contribution is -0.115. The summed E-state index contributed by atoms with van der Waals surface area (Å²) in [5, 5.41) is 3.91. The van der Waals surface area contributed by atoms with Gasteiger partial charge in [0.2, 0.25) is 0 Å². The molecule has 0 spiro atoms. The summed E-state index contributed by atoms with van der Waals surface area (Å²) in [7, 11) is 0. The SMILES string of the molecule is CC(C)(C)OC(=O)N1CCC[C@H](N[C@@H]2[C@H]3CCO[C@H]3C2(C)C)CC1. The Balaban J connectivity index is 1.52. The third-order valence-electron chi connectivity index (χ3n) is 5.90. The second-order valence-corrected chi connectivity index (χ2v) is 9.30. The lowest BCUT2D eigenvalue weighted by Crippen LogP contribution is -2.67. The van der Waals surface area contributed by atoms with Gasteiger partial charge in [-0.2, -0.15) is 0 Å². The molecule has 5 heteroatoms. The van der Waals surface area contributed by atoms with Gasteiger partial charge in [-0.25, -0.2) is 4.79 Å². The van der Waals surface area contributed by atoms with Crippen molar-refractivity contribution in [2.24, 2.45) is 11.3 Å². The molecular weight excluding hydrogens is 304 g/mol. The van der Waals surface area contributed by atoms with Crippen molar-refractivity contribution in [1.82, 2.24) is 10.2 Å². The Morgan fingerprint density at radius 3 is 2.67 bits per heavy atom. The molecule has 1 N–H and O–H groups in total. The molecule has 24 heavy (non-hydrogen) atoms. The molecule has 0 aromatic heterocycles. The average molecular weight is 338 g/mol. The van der Waals surface area contributed by atoms with Crippen LogP contribution in [0.1, 0.15) is 60.3 Å². The molecule has 1 aliphatic carbocycles. The highest BCUT2D eigenvalue weighted by Crippen LogP contribution is 2.52. The molecule has 3 aliphatic rings. The van der Waals surface area contributed by atoms with E-state index in [0.29, 0.717) is 24.1 Å². The Morgan fingerprint density at radius 2 is 1.96 bits per heavy atom. The van der Waals surface area contributed by atoms with Gasteiger partial charge in [0.25, 0.3) is 0 Å². The van der Waals surface area contributed by atoms with Crippen molar-refractivity contribution in [3.8, 4) is 0 Å². The molecule has 4 atom stereocenters. The summed E-state index contributed by atoms with van der Waals surface area (Å²) in [4.78, 5) is 14.2. The fourth-order valence-corrected chi connectivity index (χ4v) is 4.69. The maximum Gasteiger partial charge on any atom is 0.410 e. The Hall–Kier alpha value is -0.810. The van der Waals surface area contributed by atoms with Crippen molar-refractivity contribution >= 4 is 6.09 Å². The van der Waals surface area contributed by atoms with Crippen LogP contribution in [-0.4, -0.2) is 54.5 Å². The zero-order valence-corrected chi connectivity index (χ0v) is 15.9. The monoisotopic (exact) mass is 338 g/mol. The second-order valence-electron chi connectivity index (χ2n) is 9.30. The van der Waals surface area contributed by atoms with E-state index in [-0.39, 0.29) is 11.5 Å². The molecule has 5 nitrogen and oxygen atoms in total. The predicted molar refractivity (Wildman–Crippen MR) is 94.0 cm³/mol.